The normalized spacial score (nSPS) is 15.6. The third-order valence-electron chi connectivity index (χ3n) is 3.16. The average molecular weight is 276 g/mol. The number of rotatable bonds is 4. The smallest absolute Gasteiger partial charge is 0.196 e. The molecule has 1 radical (unpaired) electrons. The van der Waals surface area contributed by atoms with E-state index in [9.17, 15) is 8.42 Å². The molecule has 1 heterocycles. The van der Waals surface area contributed by atoms with Gasteiger partial charge >= 0.3 is 0 Å². The van der Waals surface area contributed by atoms with Crippen molar-refractivity contribution in [3.05, 3.63) is 30.6 Å². The van der Waals surface area contributed by atoms with E-state index in [4.69, 9.17) is 0 Å². The Balaban J connectivity index is 1.83. The molecule has 19 heavy (non-hydrogen) atoms. The summed E-state index contributed by atoms with van der Waals surface area (Å²) < 4.78 is 24.5. The summed E-state index contributed by atoms with van der Waals surface area (Å²) in [5.74, 6) is 1.30. The number of hydrogen-bond acceptors (Lipinski definition) is 4. The summed E-state index contributed by atoms with van der Waals surface area (Å²) in [5.41, 5.74) is 0.804. The lowest BCUT2D eigenvalue weighted by Crippen LogP contribution is -2.00. The molecule has 0 aliphatic heterocycles. The van der Waals surface area contributed by atoms with E-state index in [1.807, 2.05) is 0 Å². The second-order valence-corrected chi connectivity index (χ2v) is 6.97. The first-order valence-corrected chi connectivity index (χ1v) is 8.04. The zero-order valence-corrected chi connectivity index (χ0v) is 11.4. The molecule has 2 aromatic rings. The van der Waals surface area contributed by atoms with Crippen LogP contribution in [0.15, 0.2) is 29.2 Å². The second-order valence-electron chi connectivity index (χ2n) is 4.96. The molecule has 1 aliphatic carbocycles. The van der Waals surface area contributed by atoms with Gasteiger partial charge in [-0.1, -0.05) is 0 Å². The Morgan fingerprint density at radius 1 is 1.32 bits per heavy atom. The Morgan fingerprint density at radius 2 is 2.00 bits per heavy atom. The van der Waals surface area contributed by atoms with Crippen molar-refractivity contribution >= 4 is 9.84 Å². The molecule has 99 valence electrons. The van der Waals surface area contributed by atoms with Gasteiger partial charge < -0.3 is 0 Å². The summed E-state index contributed by atoms with van der Waals surface area (Å²) >= 11 is 0. The zero-order valence-electron chi connectivity index (χ0n) is 10.6. The van der Waals surface area contributed by atoms with Gasteiger partial charge in [-0.25, -0.2) is 18.1 Å². The molecular weight excluding hydrogens is 262 g/mol. The monoisotopic (exact) mass is 276 g/mol. The fourth-order valence-corrected chi connectivity index (χ4v) is 2.49. The molecule has 1 fully saturated rings. The molecular formula is C13H14N3O2S. The zero-order chi connectivity index (χ0) is 13.5. The maximum Gasteiger partial charge on any atom is 0.196 e. The molecule has 3 rings (SSSR count). The highest BCUT2D eigenvalue weighted by atomic mass is 32.2. The Hall–Kier alpha value is -1.69. The van der Waals surface area contributed by atoms with Crippen LogP contribution in [0.4, 0.5) is 0 Å². The van der Waals surface area contributed by atoms with Crippen molar-refractivity contribution in [1.29, 1.82) is 0 Å². The maximum absolute atomic E-state index is 11.4. The lowest BCUT2D eigenvalue weighted by molar-refractivity contribution is 0.559. The molecule has 0 spiro atoms. The van der Waals surface area contributed by atoms with Gasteiger partial charge in [-0.05, 0) is 43.0 Å². The Bertz CT molecular complexity index is 685. The van der Waals surface area contributed by atoms with Gasteiger partial charge in [0.1, 0.15) is 0 Å². The topological polar surface area (TPSA) is 64.8 Å². The van der Waals surface area contributed by atoms with Gasteiger partial charge in [0.15, 0.2) is 22.0 Å². The Kier molecular flexibility index (Phi) is 2.89. The Morgan fingerprint density at radius 3 is 2.58 bits per heavy atom. The van der Waals surface area contributed by atoms with Crippen molar-refractivity contribution in [2.45, 2.75) is 24.3 Å². The van der Waals surface area contributed by atoms with Crippen LogP contribution in [0.2, 0.25) is 0 Å². The number of nitrogens with zero attached hydrogens (tertiary/aromatic N) is 3. The molecule has 6 heteroatoms. The highest BCUT2D eigenvalue weighted by molar-refractivity contribution is 7.90. The van der Waals surface area contributed by atoms with Crippen molar-refractivity contribution in [2.75, 3.05) is 6.26 Å². The van der Waals surface area contributed by atoms with Gasteiger partial charge in [-0.15, -0.1) is 0 Å². The fraction of sp³-hybridized carbons (Fsp3) is 0.385. The summed E-state index contributed by atoms with van der Waals surface area (Å²) in [6.45, 7) is 0.869. The summed E-state index contributed by atoms with van der Waals surface area (Å²) in [4.78, 5) is 4.44. The van der Waals surface area contributed by atoms with E-state index < -0.39 is 9.84 Å². The van der Waals surface area contributed by atoms with Crippen molar-refractivity contribution < 1.29 is 8.42 Å². The van der Waals surface area contributed by atoms with Crippen LogP contribution in [0, 0.1) is 12.2 Å². The van der Waals surface area contributed by atoms with Gasteiger partial charge in [0.25, 0.3) is 0 Å². The van der Waals surface area contributed by atoms with Crippen LogP contribution in [0.3, 0.4) is 0 Å². The molecule has 1 aromatic heterocycles. The summed E-state index contributed by atoms with van der Waals surface area (Å²) in [7, 11) is -3.16. The molecule has 0 saturated heterocycles. The minimum absolute atomic E-state index is 0.303. The lowest BCUT2D eigenvalue weighted by atomic mass is 10.2. The van der Waals surface area contributed by atoms with Crippen LogP contribution in [-0.2, 0) is 16.4 Å². The largest absolute Gasteiger partial charge is 0.242 e. The third-order valence-corrected chi connectivity index (χ3v) is 4.28. The fourth-order valence-electron chi connectivity index (χ4n) is 1.86. The van der Waals surface area contributed by atoms with Crippen molar-refractivity contribution in [2.24, 2.45) is 5.92 Å². The van der Waals surface area contributed by atoms with Gasteiger partial charge in [0, 0.05) is 18.4 Å². The summed E-state index contributed by atoms with van der Waals surface area (Å²) in [6, 6.07) is 6.60. The average Bonchev–Trinajstić information content (AvgIpc) is 3.04. The Labute approximate surface area is 112 Å². The second kappa shape index (κ2) is 4.45. The number of aromatic nitrogens is 3. The van der Waals surface area contributed by atoms with Crippen LogP contribution in [-0.4, -0.2) is 29.4 Å². The minimum Gasteiger partial charge on any atom is -0.242 e. The highest BCUT2D eigenvalue weighted by Gasteiger charge is 2.22. The number of benzene rings is 1. The molecule has 1 saturated carbocycles. The first kappa shape index (κ1) is 12.3. The first-order valence-electron chi connectivity index (χ1n) is 6.15. The van der Waals surface area contributed by atoms with Gasteiger partial charge in [-0.2, -0.15) is 5.10 Å². The number of hydrogen-bond donors (Lipinski definition) is 0. The van der Waals surface area contributed by atoms with Gasteiger partial charge in [0.05, 0.1) is 4.90 Å². The van der Waals surface area contributed by atoms with Crippen molar-refractivity contribution in [3.8, 4) is 11.4 Å². The van der Waals surface area contributed by atoms with E-state index in [0.717, 1.165) is 18.0 Å². The van der Waals surface area contributed by atoms with E-state index >= 15 is 0 Å². The quantitative estimate of drug-likeness (QED) is 0.850. The standard InChI is InChI=1S/C13H14N3O2S/c1-19(17,18)12-6-4-11(5-7-12)13-14-9-16(15-13)8-10-2-3-10/h4-7,10H,2-3,8H2,1H3. The molecule has 1 aromatic carbocycles. The molecule has 5 nitrogen and oxygen atoms in total. The van der Waals surface area contributed by atoms with Crippen molar-refractivity contribution in [1.82, 2.24) is 14.8 Å². The van der Waals surface area contributed by atoms with Gasteiger partial charge in [-0.3, -0.25) is 0 Å². The highest BCUT2D eigenvalue weighted by Crippen LogP contribution is 2.30. The van der Waals surface area contributed by atoms with Crippen LogP contribution < -0.4 is 0 Å². The van der Waals surface area contributed by atoms with E-state index in [0.29, 0.717) is 10.7 Å². The predicted molar refractivity (Wildman–Crippen MR) is 70.1 cm³/mol. The molecule has 0 N–H and O–H groups in total. The van der Waals surface area contributed by atoms with Crippen molar-refractivity contribution in [3.63, 3.8) is 0 Å². The predicted octanol–water partition coefficient (Wildman–Crippen LogP) is 1.56. The third kappa shape index (κ3) is 2.84. The van der Waals surface area contributed by atoms with Gasteiger partial charge in [0.2, 0.25) is 0 Å². The maximum atomic E-state index is 11.4. The molecule has 1 aliphatic rings. The molecule has 0 atom stereocenters. The minimum atomic E-state index is -3.16. The SMILES string of the molecule is CS(=O)(=O)c1ccc(-c2n[c]n(CC3CC3)n2)cc1. The van der Waals surface area contributed by atoms with E-state index in [-0.39, 0.29) is 0 Å². The lowest BCUT2D eigenvalue weighted by Gasteiger charge is -1.99. The van der Waals surface area contributed by atoms with Crippen LogP contribution in [0.25, 0.3) is 11.4 Å². The van der Waals surface area contributed by atoms with Crippen LogP contribution in [0.1, 0.15) is 12.8 Å². The first-order chi connectivity index (χ1) is 9.02. The summed E-state index contributed by atoms with van der Waals surface area (Å²) in [5, 5.41) is 4.35. The van der Waals surface area contributed by atoms with E-state index in [1.54, 1.807) is 28.9 Å². The van der Waals surface area contributed by atoms with Crippen LogP contribution >= 0.6 is 0 Å². The van der Waals surface area contributed by atoms with E-state index in [2.05, 4.69) is 16.4 Å². The van der Waals surface area contributed by atoms with Crippen LogP contribution in [0.5, 0.6) is 0 Å². The molecule has 0 unspecified atom stereocenters. The summed E-state index contributed by atoms with van der Waals surface area (Å²) in [6.07, 6.45) is 6.56. The molecule has 0 bridgehead atoms. The van der Waals surface area contributed by atoms with E-state index in [1.165, 1.54) is 19.1 Å². The number of sulfone groups is 1. The molecule has 0 amide bonds.